The van der Waals surface area contributed by atoms with Gasteiger partial charge in [-0.25, -0.2) is 0 Å². The largest absolute Gasteiger partial charge is 0.300 e. The maximum atomic E-state index is 11.2. The Hall–Kier alpha value is -1.11. The molecule has 1 aromatic rings. The topological polar surface area (TPSA) is 17.1 Å². The van der Waals surface area contributed by atoms with Crippen molar-refractivity contribution in [2.24, 2.45) is 0 Å². The fraction of sp³-hybridized carbons (Fsp3) is 0.533. The van der Waals surface area contributed by atoms with Gasteiger partial charge in [0.25, 0.3) is 0 Å². The van der Waals surface area contributed by atoms with Crippen LogP contribution in [0.3, 0.4) is 0 Å². The van der Waals surface area contributed by atoms with E-state index < -0.39 is 0 Å². The predicted molar refractivity (Wildman–Crippen MR) is 68.8 cm³/mol. The number of rotatable bonds is 6. The minimum atomic E-state index is 0.353. The summed E-state index contributed by atoms with van der Waals surface area (Å²) in [7, 11) is 0. The smallest absolute Gasteiger partial charge is 0.132 e. The van der Waals surface area contributed by atoms with E-state index in [-0.39, 0.29) is 0 Å². The van der Waals surface area contributed by atoms with E-state index in [0.29, 0.717) is 24.5 Å². The highest BCUT2D eigenvalue weighted by Gasteiger charge is 2.03. The van der Waals surface area contributed by atoms with Crippen molar-refractivity contribution in [2.45, 2.75) is 52.4 Å². The molecule has 0 heterocycles. The molecule has 16 heavy (non-hydrogen) atoms. The zero-order valence-electron chi connectivity index (χ0n) is 10.6. The lowest BCUT2D eigenvalue weighted by atomic mass is 9.96. The first-order chi connectivity index (χ1) is 7.67. The summed E-state index contributed by atoms with van der Waals surface area (Å²) < 4.78 is 0. The Balaban J connectivity index is 2.54. The molecule has 0 spiro atoms. The third kappa shape index (κ3) is 3.80. The molecule has 0 saturated carbocycles. The average Bonchev–Trinajstić information content (AvgIpc) is 2.35. The maximum Gasteiger partial charge on any atom is 0.132 e. The van der Waals surface area contributed by atoms with Crippen LogP contribution in [0.4, 0.5) is 0 Å². The fourth-order valence-electron chi connectivity index (χ4n) is 1.71. The van der Waals surface area contributed by atoms with Crippen LogP contribution in [0, 0.1) is 0 Å². The molecule has 0 N–H and O–H groups in total. The molecule has 1 unspecified atom stereocenters. The Kier molecular flexibility index (Phi) is 5.24. The third-order valence-corrected chi connectivity index (χ3v) is 3.25. The molecule has 0 aliphatic heterocycles. The number of hydrogen-bond acceptors (Lipinski definition) is 1. The second kappa shape index (κ2) is 6.47. The molecule has 0 radical (unpaired) electrons. The first-order valence-electron chi connectivity index (χ1n) is 6.27. The molecule has 88 valence electrons. The van der Waals surface area contributed by atoms with E-state index in [2.05, 4.69) is 38.1 Å². The first kappa shape index (κ1) is 13.0. The summed E-state index contributed by atoms with van der Waals surface area (Å²) in [6.45, 7) is 6.38. The average molecular weight is 218 g/mol. The van der Waals surface area contributed by atoms with E-state index in [1.54, 1.807) is 0 Å². The van der Waals surface area contributed by atoms with Crippen LogP contribution in [0.1, 0.15) is 57.1 Å². The fourth-order valence-corrected chi connectivity index (χ4v) is 1.71. The lowest BCUT2D eigenvalue weighted by molar-refractivity contribution is -0.118. The van der Waals surface area contributed by atoms with Gasteiger partial charge >= 0.3 is 0 Å². The molecule has 0 aliphatic carbocycles. The van der Waals surface area contributed by atoms with E-state index in [0.717, 1.165) is 6.42 Å². The normalized spacial score (nSPS) is 12.4. The van der Waals surface area contributed by atoms with Crippen LogP contribution in [0.2, 0.25) is 0 Å². The highest BCUT2D eigenvalue weighted by Crippen LogP contribution is 2.19. The third-order valence-electron chi connectivity index (χ3n) is 3.25. The summed E-state index contributed by atoms with van der Waals surface area (Å²) >= 11 is 0. The van der Waals surface area contributed by atoms with Crippen LogP contribution in [0.15, 0.2) is 24.3 Å². The van der Waals surface area contributed by atoms with Gasteiger partial charge in [0.05, 0.1) is 0 Å². The Bertz CT molecular complexity index is 324. The minimum Gasteiger partial charge on any atom is -0.300 e. The second-order valence-electron chi connectivity index (χ2n) is 4.44. The molecule has 0 aliphatic rings. The number of ketones is 1. The van der Waals surface area contributed by atoms with E-state index in [1.165, 1.54) is 17.5 Å². The van der Waals surface area contributed by atoms with Crippen LogP contribution in [0.5, 0.6) is 0 Å². The van der Waals surface area contributed by atoms with Gasteiger partial charge in [-0.05, 0) is 29.9 Å². The molecule has 0 aromatic heterocycles. The molecule has 0 fully saturated rings. The monoisotopic (exact) mass is 218 g/mol. The van der Waals surface area contributed by atoms with Crippen molar-refractivity contribution in [2.75, 3.05) is 0 Å². The van der Waals surface area contributed by atoms with Crippen molar-refractivity contribution in [1.29, 1.82) is 0 Å². The van der Waals surface area contributed by atoms with Crippen LogP contribution in [0.25, 0.3) is 0 Å². The number of aryl methyl sites for hydroxylation is 1. The molecular weight excluding hydrogens is 196 g/mol. The molecule has 0 bridgehead atoms. The summed E-state index contributed by atoms with van der Waals surface area (Å²) in [6.07, 6.45) is 3.39. The van der Waals surface area contributed by atoms with Crippen molar-refractivity contribution in [1.82, 2.24) is 0 Å². The molecule has 1 atom stereocenters. The van der Waals surface area contributed by atoms with Crippen molar-refractivity contribution in [3.05, 3.63) is 35.4 Å². The van der Waals surface area contributed by atoms with Crippen LogP contribution in [-0.2, 0) is 11.2 Å². The van der Waals surface area contributed by atoms with Crippen molar-refractivity contribution < 1.29 is 4.79 Å². The van der Waals surface area contributed by atoms with Crippen LogP contribution >= 0.6 is 0 Å². The van der Waals surface area contributed by atoms with Crippen molar-refractivity contribution in [3.8, 4) is 0 Å². The number of carbonyl (C=O) groups is 1. The zero-order valence-corrected chi connectivity index (χ0v) is 10.6. The summed E-state index contributed by atoms with van der Waals surface area (Å²) in [6, 6.07) is 8.70. The molecule has 1 aromatic carbocycles. The predicted octanol–water partition coefficient (Wildman–Crippen LogP) is 4.11. The van der Waals surface area contributed by atoms with Crippen molar-refractivity contribution in [3.63, 3.8) is 0 Å². The van der Waals surface area contributed by atoms with E-state index in [1.807, 2.05) is 6.92 Å². The van der Waals surface area contributed by atoms with Gasteiger partial charge in [-0.3, -0.25) is 4.79 Å². The summed E-state index contributed by atoms with van der Waals surface area (Å²) in [5.41, 5.74) is 2.67. The summed E-state index contributed by atoms with van der Waals surface area (Å²) in [5, 5.41) is 0. The molecular formula is C15H22O. The summed E-state index contributed by atoms with van der Waals surface area (Å²) in [5.74, 6) is 0.984. The number of hydrogen-bond donors (Lipinski definition) is 0. The Morgan fingerprint density at radius 2 is 1.81 bits per heavy atom. The Morgan fingerprint density at radius 1 is 1.19 bits per heavy atom. The molecule has 0 amide bonds. The van der Waals surface area contributed by atoms with Gasteiger partial charge in [0.15, 0.2) is 0 Å². The van der Waals surface area contributed by atoms with E-state index in [4.69, 9.17) is 0 Å². The van der Waals surface area contributed by atoms with E-state index in [9.17, 15) is 4.79 Å². The van der Waals surface area contributed by atoms with Crippen LogP contribution < -0.4 is 0 Å². The Labute approximate surface area is 98.9 Å². The molecule has 1 rings (SSSR count). The van der Waals surface area contributed by atoms with Gasteiger partial charge in [0.1, 0.15) is 5.78 Å². The molecule has 1 heteroatoms. The van der Waals surface area contributed by atoms with Gasteiger partial charge in [-0.2, -0.15) is 0 Å². The van der Waals surface area contributed by atoms with Gasteiger partial charge < -0.3 is 0 Å². The number of benzene rings is 1. The van der Waals surface area contributed by atoms with Gasteiger partial charge in [0, 0.05) is 12.8 Å². The second-order valence-corrected chi connectivity index (χ2v) is 4.44. The highest BCUT2D eigenvalue weighted by molar-refractivity contribution is 5.78. The lowest BCUT2D eigenvalue weighted by Gasteiger charge is -2.09. The standard InChI is InChI=1S/C15H22O/c1-4-12(3)14-9-6-13(7-10-14)8-11-15(16)5-2/h6-7,9-10,12H,4-5,8,11H2,1-3H3. The number of Topliss-reactive ketones (excluding diaryl/α,β-unsaturated/α-hetero) is 1. The van der Waals surface area contributed by atoms with Crippen LogP contribution in [-0.4, -0.2) is 5.78 Å². The molecule has 1 nitrogen and oxygen atoms in total. The highest BCUT2D eigenvalue weighted by atomic mass is 16.1. The SMILES string of the molecule is CCC(=O)CCc1ccc(C(C)CC)cc1. The maximum absolute atomic E-state index is 11.2. The van der Waals surface area contributed by atoms with Gasteiger partial charge in [-0.15, -0.1) is 0 Å². The zero-order chi connectivity index (χ0) is 12.0. The minimum absolute atomic E-state index is 0.353. The Morgan fingerprint density at radius 3 is 2.31 bits per heavy atom. The van der Waals surface area contributed by atoms with Gasteiger partial charge in [0.2, 0.25) is 0 Å². The first-order valence-corrected chi connectivity index (χ1v) is 6.27. The molecule has 0 saturated heterocycles. The van der Waals surface area contributed by atoms with Gasteiger partial charge in [-0.1, -0.05) is 45.0 Å². The quantitative estimate of drug-likeness (QED) is 0.702. The number of carbonyl (C=O) groups excluding carboxylic acids is 1. The van der Waals surface area contributed by atoms with Crippen molar-refractivity contribution >= 4 is 5.78 Å². The lowest BCUT2D eigenvalue weighted by Crippen LogP contribution is -1.98. The van der Waals surface area contributed by atoms with E-state index >= 15 is 0 Å². The summed E-state index contributed by atoms with van der Waals surface area (Å²) in [4.78, 5) is 11.2.